The molecule has 0 saturated carbocycles. The van der Waals surface area contributed by atoms with Gasteiger partial charge in [0.2, 0.25) is 5.91 Å². The summed E-state index contributed by atoms with van der Waals surface area (Å²) in [6.45, 7) is 2.64. The molecule has 0 spiro atoms. The van der Waals surface area contributed by atoms with Gasteiger partial charge in [0.25, 0.3) is 0 Å². The third-order valence-corrected chi connectivity index (χ3v) is 6.13. The molecule has 1 fully saturated rings. The van der Waals surface area contributed by atoms with E-state index in [0.29, 0.717) is 11.8 Å². The Bertz CT molecular complexity index is 1160. The second kappa shape index (κ2) is 11.9. The van der Waals surface area contributed by atoms with E-state index in [2.05, 4.69) is 5.32 Å². The van der Waals surface area contributed by atoms with E-state index in [4.69, 9.17) is 9.47 Å². The van der Waals surface area contributed by atoms with Gasteiger partial charge in [-0.3, -0.25) is 10.1 Å². The van der Waals surface area contributed by atoms with Crippen LogP contribution in [0.25, 0.3) is 6.08 Å². The minimum absolute atomic E-state index is 0.0915. The van der Waals surface area contributed by atoms with Crippen LogP contribution in [0.5, 0.6) is 0 Å². The molecule has 2 amide bonds. The predicted molar refractivity (Wildman–Crippen MR) is 124 cm³/mol. The molecule has 200 valence electrons. The number of carbonyl (C=O) groups excluding carboxylic acids is 2. The van der Waals surface area contributed by atoms with Crippen molar-refractivity contribution in [1.82, 2.24) is 4.90 Å². The fourth-order valence-corrected chi connectivity index (χ4v) is 4.55. The van der Waals surface area contributed by atoms with E-state index in [9.17, 15) is 35.9 Å². The first-order valence-corrected chi connectivity index (χ1v) is 11.8. The molecule has 1 saturated heterocycles. The molecule has 2 aromatic carbocycles. The van der Waals surface area contributed by atoms with Gasteiger partial charge in [0.15, 0.2) is 0 Å². The fraction of sp³-hybridized carbons (Fsp3) is 0.333. The molecule has 0 aliphatic carbocycles. The second-order valence-corrected chi connectivity index (χ2v) is 8.76. The van der Waals surface area contributed by atoms with E-state index in [1.807, 2.05) is 0 Å². The Hall–Kier alpha value is -3.19. The van der Waals surface area contributed by atoms with E-state index in [1.165, 1.54) is 29.2 Å². The normalized spacial score (nSPS) is 14.6. The average molecular weight is 549 g/mol. The number of hydrogen-bond acceptors (Lipinski definition) is 5. The SMILES string of the molecule is CCOC(=O)Nc1cccc(Sc2ccc(C=CC(=O)N3CCOCC3)c(C(F)(F)F)c2C(F)(F)F)c1. The third kappa shape index (κ3) is 7.65. The molecule has 3 rings (SSSR count). The molecule has 0 aromatic heterocycles. The van der Waals surface area contributed by atoms with Gasteiger partial charge in [0.1, 0.15) is 0 Å². The van der Waals surface area contributed by atoms with E-state index in [0.717, 1.165) is 24.3 Å². The molecular weight excluding hydrogens is 526 g/mol. The van der Waals surface area contributed by atoms with Crippen LogP contribution in [-0.4, -0.2) is 49.8 Å². The molecule has 1 heterocycles. The minimum atomic E-state index is -5.36. The van der Waals surface area contributed by atoms with Gasteiger partial charge < -0.3 is 14.4 Å². The highest BCUT2D eigenvalue weighted by Crippen LogP contribution is 2.48. The Morgan fingerprint density at radius 2 is 1.73 bits per heavy atom. The van der Waals surface area contributed by atoms with E-state index in [1.54, 1.807) is 6.92 Å². The molecule has 0 bridgehead atoms. The number of hydrogen-bond donors (Lipinski definition) is 1. The standard InChI is InChI=1S/C24H22F6N2O4S/c1-2-36-22(34)31-16-4-3-5-17(14-16)37-18-8-6-15(7-9-19(33)32-10-12-35-13-11-32)20(23(25,26)27)21(18)24(28,29)30/h3-9,14H,2,10-13H2,1H3,(H,31,34). The number of alkyl halides is 6. The number of rotatable bonds is 6. The number of morpholine rings is 1. The van der Waals surface area contributed by atoms with Crippen molar-refractivity contribution in [2.24, 2.45) is 0 Å². The van der Waals surface area contributed by atoms with Crippen LogP contribution in [0, 0.1) is 0 Å². The minimum Gasteiger partial charge on any atom is -0.450 e. The number of halogens is 6. The summed E-state index contributed by atoms with van der Waals surface area (Å²) >= 11 is 0.457. The zero-order valence-corrected chi connectivity index (χ0v) is 20.2. The van der Waals surface area contributed by atoms with Crippen LogP contribution in [0.2, 0.25) is 0 Å². The highest BCUT2D eigenvalue weighted by atomic mass is 32.2. The molecule has 13 heteroatoms. The monoisotopic (exact) mass is 548 g/mol. The number of carbonyl (C=O) groups is 2. The molecule has 0 unspecified atom stereocenters. The van der Waals surface area contributed by atoms with Crippen LogP contribution in [0.4, 0.5) is 36.8 Å². The average Bonchev–Trinajstić information content (AvgIpc) is 2.82. The highest BCUT2D eigenvalue weighted by Gasteiger charge is 2.46. The van der Waals surface area contributed by atoms with Gasteiger partial charge in [-0.2, -0.15) is 26.3 Å². The van der Waals surface area contributed by atoms with Gasteiger partial charge >= 0.3 is 18.4 Å². The van der Waals surface area contributed by atoms with Gasteiger partial charge in [-0.15, -0.1) is 0 Å². The largest absolute Gasteiger partial charge is 0.450 e. The van der Waals surface area contributed by atoms with Crippen molar-refractivity contribution in [3.63, 3.8) is 0 Å². The third-order valence-electron chi connectivity index (χ3n) is 5.08. The predicted octanol–water partition coefficient (Wildman–Crippen LogP) is 6.32. The summed E-state index contributed by atoms with van der Waals surface area (Å²) in [6.07, 6.45) is -9.94. The summed E-state index contributed by atoms with van der Waals surface area (Å²) in [5.41, 5.74) is -4.36. The first-order valence-electron chi connectivity index (χ1n) is 11.0. The molecule has 0 atom stereocenters. The molecule has 1 aliphatic heterocycles. The fourth-order valence-electron chi connectivity index (χ4n) is 3.51. The lowest BCUT2D eigenvalue weighted by Gasteiger charge is -2.25. The summed E-state index contributed by atoms with van der Waals surface area (Å²) in [5.74, 6) is -0.630. The number of anilines is 1. The number of nitrogens with zero attached hydrogens (tertiary/aromatic N) is 1. The van der Waals surface area contributed by atoms with E-state index >= 15 is 0 Å². The van der Waals surface area contributed by atoms with Gasteiger partial charge in [0.05, 0.1) is 30.9 Å². The van der Waals surface area contributed by atoms with Crippen molar-refractivity contribution in [3.8, 4) is 0 Å². The van der Waals surface area contributed by atoms with Crippen LogP contribution in [0.15, 0.2) is 52.3 Å². The summed E-state index contributed by atoms with van der Waals surface area (Å²) in [5, 5.41) is 2.38. The summed E-state index contributed by atoms with van der Waals surface area (Å²) < 4.78 is 94.0. The van der Waals surface area contributed by atoms with Crippen LogP contribution in [0.3, 0.4) is 0 Å². The van der Waals surface area contributed by atoms with Crippen molar-refractivity contribution in [3.05, 3.63) is 59.2 Å². The highest BCUT2D eigenvalue weighted by molar-refractivity contribution is 7.99. The van der Waals surface area contributed by atoms with Gasteiger partial charge in [-0.05, 0) is 42.8 Å². The number of amides is 2. The zero-order valence-electron chi connectivity index (χ0n) is 19.4. The molecular formula is C24H22F6N2O4S. The van der Waals surface area contributed by atoms with Gasteiger partial charge in [-0.1, -0.05) is 23.9 Å². The van der Waals surface area contributed by atoms with Crippen molar-refractivity contribution < 1.29 is 45.4 Å². The smallest absolute Gasteiger partial charge is 0.418 e. The summed E-state index contributed by atoms with van der Waals surface area (Å²) in [6, 6.07) is 7.40. The van der Waals surface area contributed by atoms with Crippen LogP contribution in [-0.2, 0) is 26.6 Å². The van der Waals surface area contributed by atoms with Gasteiger partial charge in [-0.25, -0.2) is 4.79 Å². The van der Waals surface area contributed by atoms with Crippen LogP contribution < -0.4 is 5.32 Å². The maximum atomic E-state index is 14.0. The first kappa shape index (κ1) is 28.4. The molecule has 6 nitrogen and oxygen atoms in total. The number of ether oxygens (including phenoxy) is 2. The Kier molecular flexibility index (Phi) is 9.13. The number of benzene rings is 2. The quantitative estimate of drug-likeness (QED) is 0.338. The van der Waals surface area contributed by atoms with Crippen LogP contribution in [0.1, 0.15) is 23.6 Å². The molecule has 1 aliphatic rings. The molecule has 37 heavy (non-hydrogen) atoms. The lowest BCUT2D eigenvalue weighted by molar-refractivity contribution is -0.163. The topological polar surface area (TPSA) is 67.9 Å². The molecule has 0 radical (unpaired) electrons. The Balaban J connectivity index is 2.00. The summed E-state index contributed by atoms with van der Waals surface area (Å²) in [7, 11) is 0. The first-order chi connectivity index (χ1) is 17.4. The zero-order chi connectivity index (χ0) is 27.2. The van der Waals surface area contributed by atoms with E-state index in [-0.39, 0.29) is 43.5 Å². The number of nitrogens with one attached hydrogen (secondary N) is 1. The van der Waals surface area contributed by atoms with Crippen molar-refractivity contribution >= 4 is 35.5 Å². The lowest BCUT2D eigenvalue weighted by atomic mass is 9.99. The lowest BCUT2D eigenvalue weighted by Crippen LogP contribution is -2.39. The van der Waals surface area contributed by atoms with Crippen molar-refractivity contribution in [2.75, 3.05) is 38.2 Å². The van der Waals surface area contributed by atoms with Gasteiger partial charge in [0, 0.05) is 34.6 Å². The Morgan fingerprint density at radius 1 is 1.05 bits per heavy atom. The van der Waals surface area contributed by atoms with Crippen molar-refractivity contribution in [2.45, 2.75) is 29.1 Å². The molecule has 2 aromatic rings. The van der Waals surface area contributed by atoms with Crippen LogP contribution >= 0.6 is 11.8 Å². The van der Waals surface area contributed by atoms with Crippen molar-refractivity contribution in [1.29, 1.82) is 0 Å². The maximum absolute atomic E-state index is 14.0. The van der Waals surface area contributed by atoms with E-state index < -0.39 is 45.9 Å². The Morgan fingerprint density at radius 3 is 2.35 bits per heavy atom. The molecule has 1 N–H and O–H groups in total. The maximum Gasteiger partial charge on any atom is 0.418 e. The Labute approximate surface area is 212 Å². The second-order valence-electron chi connectivity index (χ2n) is 7.64. The summed E-state index contributed by atoms with van der Waals surface area (Å²) in [4.78, 5) is 24.7.